The van der Waals surface area contributed by atoms with Crippen molar-refractivity contribution in [1.29, 1.82) is 0 Å². The van der Waals surface area contributed by atoms with Crippen LogP contribution in [0.3, 0.4) is 0 Å². The van der Waals surface area contributed by atoms with Crippen LogP contribution in [-0.2, 0) is 0 Å². The summed E-state index contributed by atoms with van der Waals surface area (Å²) in [6.07, 6.45) is 0. The quantitative estimate of drug-likeness (QED) is 0.707. The molecular weight excluding hydrogens is 192 g/mol. The number of hydrogen-bond donors (Lipinski definition) is 1. The van der Waals surface area contributed by atoms with Crippen LogP contribution in [0, 0.1) is 13.8 Å². The molecule has 0 fully saturated rings. The summed E-state index contributed by atoms with van der Waals surface area (Å²) in [6.45, 7) is 4.05. The molecule has 14 heavy (non-hydrogen) atoms. The molecule has 2 aromatic rings. The molecule has 1 aromatic carbocycles. The summed E-state index contributed by atoms with van der Waals surface area (Å²) in [5.74, 6) is 0. The number of rotatable bonds is 1. The first-order valence-corrected chi connectivity index (χ1v) is 4.94. The van der Waals surface area contributed by atoms with Crippen LogP contribution in [0.25, 0.3) is 5.69 Å². The van der Waals surface area contributed by atoms with E-state index >= 15 is 0 Å². The minimum atomic E-state index is 0.968. The van der Waals surface area contributed by atoms with Gasteiger partial charge in [-0.3, -0.25) is 0 Å². The highest BCUT2D eigenvalue weighted by molar-refractivity contribution is 7.80. The fourth-order valence-corrected chi connectivity index (χ4v) is 1.63. The van der Waals surface area contributed by atoms with Crippen LogP contribution < -0.4 is 0 Å². The standard InChI is InChI=1S/C11H12N2S/c1-8-7-9(2)13(12-8)10-3-5-11(14)6-4-10/h3-7,14H,1-2H3. The van der Waals surface area contributed by atoms with E-state index in [1.807, 2.05) is 35.9 Å². The molecule has 2 nitrogen and oxygen atoms in total. The smallest absolute Gasteiger partial charge is 0.0649 e. The van der Waals surface area contributed by atoms with Crippen LogP contribution in [0.15, 0.2) is 35.2 Å². The van der Waals surface area contributed by atoms with E-state index in [-0.39, 0.29) is 0 Å². The fraction of sp³-hybridized carbons (Fsp3) is 0.182. The van der Waals surface area contributed by atoms with Gasteiger partial charge in [-0.15, -0.1) is 12.6 Å². The van der Waals surface area contributed by atoms with Crippen molar-refractivity contribution in [1.82, 2.24) is 9.78 Å². The Morgan fingerprint density at radius 3 is 2.29 bits per heavy atom. The summed E-state index contributed by atoms with van der Waals surface area (Å²) in [7, 11) is 0. The molecule has 0 unspecified atom stereocenters. The van der Waals surface area contributed by atoms with Gasteiger partial charge in [-0.05, 0) is 44.2 Å². The van der Waals surface area contributed by atoms with Crippen molar-refractivity contribution in [2.75, 3.05) is 0 Å². The van der Waals surface area contributed by atoms with Gasteiger partial charge in [0.25, 0.3) is 0 Å². The van der Waals surface area contributed by atoms with E-state index < -0.39 is 0 Å². The molecule has 1 heterocycles. The lowest BCUT2D eigenvalue weighted by Crippen LogP contribution is -1.98. The van der Waals surface area contributed by atoms with Gasteiger partial charge >= 0.3 is 0 Å². The largest absolute Gasteiger partial charge is 0.238 e. The highest BCUT2D eigenvalue weighted by Gasteiger charge is 2.02. The highest BCUT2D eigenvalue weighted by atomic mass is 32.1. The summed E-state index contributed by atoms with van der Waals surface area (Å²) in [4.78, 5) is 0.968. The highest BCUT2D eigenvalue weighted by Crippen LogP contribution is 2.14. The van der Waals surface area contributed by atoms with E-state index in [4.69, 9.17) is 0 Å². The van der Waals surface area contributed by atoms with Crippen molar-refractivity contribution in [3.63, 3.8) is 0 Å². The molecule has 72 valence electrons. The molecule has 0 spiro atoms. The maximum atomic E-state index is 4.40. The summed E-state index contributed by atoms with van der Waals surface area (Å²) < 4.78 is 1.93. The van der Waals surface area contributed by atoms with Crippen LogP contribution >= 0.6 is 12.6 Å². The lowest BCUT2D eigenvalue weighted by atomic mass is 10.3. The third-order valence-corrected chi connectivity index (χ3v) is 2.40. The second kappa shape index (κ2) is 3.50. The molecule has 0 aliphatic carbocycles. The van der Waals surface area contributed by atoms with Crippen molar-refractivity contribution in [2.45, 2.75) is 18.7 Å². The van der Waals surface area contributed by atoms with Crippen molar-refractivity contribution >= 4 is 12.6 Å². The van der Waals surface area contributed by atoms with Gasteiger partial charge in [-0.1, -0.05) is 0 Å². The Bertz CT molecular complexity index is 443. The van der Waals surface area contributed by atoms with E-state index in [0.717, 1.165) is 22.0 Å². The average molecular weight is 204 g/mol. The minimum absolute atomic E-state index is 0.968. The zero-order chi connectivity index (χ0) is 10.1. The number of aromatic nitrogens is 2. The lowest BCUT2D eigenvalue weighted by molar-refractivity contribution is 0.832. The van der Waals surface area contributed by atoms with E-state index in [9.17, 15) is 0 Å². The molecule has 2 rings (SSSR count). The predicted molar refractivity (Wildman–Crippen MR) is 60.3 cm³/mol. The van der Waals surface area contributed by atoms with Gasteiger partial charge in [-0.2, -0.15) is 5.10 Å². The molecule has 1 aromatic heterocycles. The SMILES string of the molecule is Cc1cc(C)n(-c2ccc(S)cc2)n1. The van der Waals surface area contributed by atoms with Crippen LogP contribution in [0.1, 0.15) is 11.4 Å². The molecule has 0 aliphatic rings. The molecule has 0 atom stereocenters. The van der Waals surface area contributed by atoms with E-state index in [1.165, 1.54) is 0 Å². The second-order valence-electron chi connectivity index (χ2n) is 3.36. The van der Waals surface area contributed by atoms with Gasteiger partial charge in [-0.25, -0.2) is 4.68 Å². The average Bonchev–Trinajstić information content (AvgIpc) is 2.47. The summed E-state index contributed by atoms with van der Waals surface area (Å²) in [5, 5.41) is 4.40. The third-order valence-electron chi connectivity index (χ3n) is 2.10. The maximum absolute atomic E-state index is 4.40. The molecule has 0 bridgehead atoms. The molecular formula is C11H12N2S. The number of aryl methyl sites for hydroxylation is 2. The molecule has 0 radical (unpaired) electrons. The normalized spacial score (nSPS) is 10.5. The minimum Gasteiger partial charge on any atom is -0.238 e. The molecule has 0 saturated carbocycles. The Hall–Kier alpha value is -1.22. The Labute approximate surface area is 89.0 Å². The van der Waals surface area contributed by atoms with Gasteiger partial charge in [0, 0.05) is 10.6 Å². The maximum Gasteiger partial charge on any atom is 0.0649 e. The second-order valence-corrected chi connectivity index (χ2v) is 3.87. The van der Waals surface area contributed by atoms with Crippen LogP contribution in [0.2, 0.25) is 0 Å². The van der Waals surface area contributed by atoms with Crippen LogP contribution in [0.4, 0.5) is 0 Å². The van der Waals surface area contributed by atoms with Crippen molar-refractivity contribution < 1.29 is 0 Å². The van der Waals surface area contributed by atoms with E-state index in [1.54, 1.807) is 0 Å². The van der Waals surface area contributed by atoms with Crippen molar-refractivity contribution in [3.05, 3.63) is 41.7 Å². The monoisotopic (exact) mass is 204 g/mol. The predicted octanol–water partition coefficient (Wildman–Crippen LogP) is 2.78. The fourth-order valence-electron chi connectivity index (χ4n) is 1.48. The van der Waals surface area contributed by atoms with Gasteiger partial charge in [0.1, 0.15) is 0 Å². The van der Waals surface area contributed by atoms with E-state index in [0.29, 0.717) is 0 Å². The zero-order valence-electron chi connectivity index (χ0n) is 8.23. The van der Waals surface area contributed by atoms with Gasteiger partial charge in [0.05, 0.1) is 11.4 Å². The van der Waals surface area contributed by atoms with Crippen molar-refractivity contribution in [3.8, 4) is 5.69 Å². The summed E-state index contributed by atoms with van der Waals surface area (Å²) in [6, 6.07) is 10.0. The van der Waals surface area contributed by atoms with Gasteiger partial charge < -0.3 is 0 Å². The molecule has 0 saturated heterocycles. The zero-order valence-corrected chi connectivity index (χ0v) is 9.12. The molecule has 0 aliphatic heterocycles. The Balaban J connectivity index is 2.49. The number of thiol groups is 1. The third kappa shape index (κ3) is 1.68. The first-order chi connectivity index (χ1) is 6.66. The van der Waals surface area contributed by atoms with Gasteiger partial charge in [0.15, 0.2) is 0 Å². The Morgan fingerprint density at radius 1 is 1.14 bits per heavy atom. The van der Waals surface area contributed by atoms with Crippen LogP contribution in [0.5, 0.6) is 0 Å². The Kier molecular flexibility index (Phi) is 2.33. The summed E-state index contributed by atoms with van der Waals surface area (Å²) >= 11 is 4.25. The van der Waals surface area contributed by atoms with E-state index in [2.05, 4.69) is 30.7 Å². The number of benzene rings is 1. The lowest BCUT2D eigenvalue weighted by Gasteiger charge is -2.03. The molecule has 0 N–H and O–H groups in total. The van der Waals surface area contributed by atoms with Gasteiger partial charge in [0.2, 0.25) is 0 Å². The topological polar surface area (TPSA) is 17.8 Å². The van der Waals surface area contributed by atoms with Crippen molar-refractivity contribution in [2.24, 2.45) is 0 Å². The van der Waals surface area contributed by atoms with Crippen LogP contribution in [-0.4, -0.2) is 9.78 Å². The number of hydrogen-bond acceptors (Lipinski definition) is 2. The first kappa shape index (κ1) is 9.34. The first-order valence-electron chi connectivity index (χ1n) is 4.49. The molecule has 0 amide bonds. The Morgan fingerprint density at radius 2 is 1.79 bits per heavy atom. The molecule has 3 heteroatoms. The summed E-state index contributed by atoms with van der Waals surface area (Å²) in [5.41, 5.74) is 3.26. The number of nitrogens with zero attached hydrogens (tertiary/aromatic N) is 2.